The fourth-order valence-corrected chi connectivity index (χ4v) is 3.45. The lowest BCUT2D eigenvalue weighted by molar-refractivity contribution is 0.628. The third kappa shape index (κ3) is 2.30. The van der Waals surface area contributed by atoms with Gasteiger partial charge < -0.3 is 5.32 Å². The van der Waals surface area contributed by atoms with Gasteiger partial charge in [-0.15, -0.1) is 0 Å². The lowest BCUT2D eigenvalue weighted by atomic mass is 10.1. The molecular weight excluding hydrogens is 354 g/mol. The van der Waals surface area contributed by atoms with Crippen LogP contribution in [-0.2, 0) is 12.8 Å². The summed E-state index contributed by atoms with van der Waals surface area (Å²) in [5, 5.41) is 4.41. The summed E-state index contributed by atoms with van der Waals surface area (Å²) in [6, 6.07) is 3.17. The summed E-state index contributed by atoms with van der Waals surface area (Å²) >= 11 is 2.17. The van der Waals surface area contributed by atoms with Gasteiger partial charge in [0.1, 0.15) is 5.82 Å². The molecule has 2 aromatic rings. The number of halogens is 2. The van der Waals surface area contributed by atoms with E-state index in [0.717, 1.165) is 52.4 Å². The van der Waals surface area contributed by atoms with Crippen molar-refractivity contribution >= 4 is 39.2 Å². The molecule has 1 heterocycles. The average Bonchev–Trinajstić information content (AvgIpc) is 2.83. The molecule has 1 N–H and O–H groups in total. The van der Waals surface area contributed by atoms with Crippen LogP contribution in [0, 0.1) is 9.39 Å². The Morgan fingerprint density at radius 3 is 3.00 bits per heavy atom. The summed E-state index contributed by atoms with van der Waals surface area (Å²) in [6.07, 6.45) is 4.31. The first-order chi connectivity index (χ1) is 9.20. The van der Waals surface area contributed by atoms with Gasteiger partial charge in [0.15, 0.2) is 0 Å². The first-order valence-electron chi connectivity index (χ1n) is 6.75. The standard InChI is InChI=1S/C15H16FIN2/c1-2-6-18-14-10-4-3-5-13(10)19-15-11(14)7-9(16)8-12(15)17/h7-8H,2-6H2,1H3,(H,18,19). The Kier molecular flexibility index (Phi) is 3.60. The Morgan fingerprint density at radius 1 is 1.37 bits per heavy atom. The number of fused-ring (bicyclic) bond motifs is 2. The Morgan fingerprint density at radius 2 is 2.21 bits per heavy atom. The van der Waals surface area contributed by atoms with E-state index in [4.69, 9.17) is 4.98 Å². The molecule has 0 spiro atoms. The maximum Gasteiger partial charge on any atom is 0.125 e. The zero-order valence-electron chi connectivity index (χ0n) is 10.9. The van der Waals surface area contributed by atoms with Gasteiger partial charge in [-0.3, -0.25) is 4.98 Å². The van der Waals surface area contributed by atoms with Gasteiger partial charge in [-0.1, -0.05) is 6.92 Å². The van der Waals surface area contributed by atoms with Crippen LogP contribution >= 0.6 is 22.6 Å². The highest BCUT2D eigenvalue weighted by molar-refractivity contribution is 14.1. The minimum atomic E-state index is -0.184. The zero-order valence-corrected chi connectivity index (χ0v) is 13.1. The first kappa shape index (κ1) is 13.1. The topological polar surface area (TPSA) is 24.9 Å². The van der Waals surface area contributed by atoms with Gasteiger partial charge in [0.2, 0.25) is 0 Å². The maximum atomic E-state index is 13.7. The molecule has 4 heteroatoms. The van der Waals surface area contributed by atoms with Crippen molar-refractivity contribution in [2.75, 3.05) is 11.9 Å². The second kappa shape index (κ2) is 5.23. The number of hydrogen-bond acceptors (Lipinski definition) is 2. The van der Waals surface area contributed by atoms with E-state index >= 15 is 0 Å². The SMILES string of the molecule is CCCNc1c2c(nc3c(I)cc(F)cc13)CCC2. The lowest BCUT2D eigenvalue weighted by Gasteiger charge is -2.15. The zero-order chi connectivity index (χ0) is 13.4. The summed E-state index contributed by atoms with van der Waals surface area (Å²) in [5.74, 6) is -0.184. The van der Waals surface area contributed by atoms with Gasteiger partial charge in [0.25, 0.3) is 0 Å². The predicted octanol–water partition coefficient (Wildman–Crippen LogP) is 4.29. The van der Waals surface area contributed by atoms with Gasteiger partial charge >= 0.3 is 0 Å². The third-order valence-electron chi connectivity index (χ3n) is 3.59. The van der Waals surface area contributed by atoms with Crippen molar-refractivity contribution in [1.29, 1.82) is 0 Å². The molecule has 0 saturated heterocycles. The molecule has 0 saturated carbocycles. The first-order valence-corrected chi connectivity index (χ1v) is 7.83. The van der Waals surface area contributed by atoms with Crippen LogP contribution in [-0.4, -0.2) is 11.5 Å². The highest BCUT2D eigenvalue weighted by Crippen LogP contribution is 2.36. The van der Waals surface area contributed by atoms with Crippen LogP contribution in [0.2, 0.25) is 0 Å². The van der Waals surface area contributed by atoms with Crippen molar-refractivity contribution in [3.63, 3.8) is 0 Å². The normalized spacial score (nSPS) is 13.8. The van der Waals surface area contributed by atoms with Gasteiger partial charge in [0.05, 0.1) is 5.52 Å². The number of nitrogens with one attached hydrogen (secondary N) is 1. The lowest BCUT2D eigenvalue weighted by Crippen LogP contribution is -2.06. The van der Waals surface area contributed by atoms with E-state index in [1.807, 2.05) is 0 Å². The van der Waals surface area contributed by atoms with Crippen LogP contribution in [0.3, 0.4) is 0 Å². The predicted molar refractivity (Wildman–Crippen MR) is 85.2 cm³/mol. The minimum absolute atomic E-state index is 0.184. The number of aryl methyl sites for hydroxylation is 1. The van der Waals surface area contributed by atoms with Crippen molar-refractivity contribution < 1.29 is 4.39 Å². The largest absolute Gasteiger partial charge is 0.384 e. The molecule has 3 rings (SSSR count). The van der Waals surface area contributed by atoms with Crippen LogP contribution in [0.4, 0.5) is 10.1 Å². The minimum Gasteiger partial charge on any atom is -0.384 e. The van der Waals surface area contributed by atoms with E-state index in [1.54, 1.807) is 12.1 Å². The molecule has 0 unspecified atom stereocenters. The highest BCUT2D eigenvalue weighted by Gasteiger charge is 2.20. The Bertz CT molecular complexity index is 640. The Balaban J connectivity index is 2.28. The number of benzene rings is 1. The third-order valence-corrected chi connectivity index (χ3v) is 4.41. The van der Waals surface area contributed by atoms with Crippen LogP contribution in [0.25, 0.3) is 10.9 Å². The van der Waals surface area contributed by atoms with Crippen molar-refractivity contribution in [3.05, 3.63) is 32.8 Å². The molecular formula is C15H16FIN2. The molecule has 0 bridgehead atoms. The molecule has 1 aromatic heterocycles. The summed E-state index contributed by atoms with van der Waals surface area (Å²) in [7, 11) is 0. The number of hydrogen-bond donors (Lipinski definition) is 1. The Hall–Kier alpha value is -0.910. The molecule has 19 heavy (non-hydrogen) atoms. The van der Waals surface area contributed by atoms with Gasteiger partial charge in [-0.25, -0.2) is 4.39 Å². The number of rotatable bonds is 3. The van der Waals surface area contributed by atoms with Crippen molar-refractivity contribution in [1.82, 2.24) is 4.98 Å². The molecule has 1 aliphatic rings. The second-order valence-corrected chi connectivity index (χ2v) is 6.14. The van der Waals surface area contributed by atoms with Crippen LogP contribution in [0.5, 0.6) is 0 Å². The fourth-order valence-electron chi connectivity index (χ4n) is 2.74. The van der Waals surface area contributed by atoms with Crippen LogP contribution in [0.1, 0.15) is 31.0 Å². The van der Waals surface area contributed by atoms with E-state index in [-0.39, 0.29) is 5.82 Å². The van der Waals surface area contributed by atoms with E-state index in [0.29, 0.717) is 0 Å². The van der Waals surface area contributed by atoms with Crippen LogP contribution < -0.4 is 5.32 Å². The molecule has 1 aliphatic carbocycles. The number of aromatic nitrogens is 1. The molecule has 1 aromatic carbocycles. The average molecular weight is 370 g/mol. The summed E-state index contributed by atoms with van der Waals surface area (Å²) in [4.78, 5) is 4.75. The van der Waals surface area contributed by atoms with E-state index < -0.39 is 0 Å². The van der Waals surface area contributed by atoms with Crippen molar-refractivity contribution in [3.8, 4) is 0 Å². The van der Waals surface area contributed by atoms with Gasteiger partial charge in [-0.2, -0.15) is 0 Å². The monoisotopic (exact) mass is 370 g/mol. The number of pyridine rings is 1. The molecule has 0 radical (unpaired) electrons. The molecule has 0 aliphatic heterocycles. The quantitative estimate of drug-likeness (QED) is 0.816. The van der Waals surface area contributed by atoms with Crippen molar-refractivity contribution in [2.24, 2.45) is 0 Å². The smallest absolute Gasteiger partial charge is 0.125 e. The molecule has 100 valence electrons. The highest BCUT2D eigenvalue weighted by atomic mass is 127. The summed E-state index contributed by atoms with van der Waals surface area (Å²) in [5.41, 5.74) is 4.52. The number of anilines is 1. The summed E-state index contributed by atoms with van der Waals surface area (Å²) < 4.78 is 14.6. The second-order valence-electron chi connectivity index (χ2n) is 4.98. The molecule has 0 fully saturated rings. The van der Waals surface area contributed by atoms with Crippen molar-refractivity contribution in [2.45, 2.75) is 32.6 Å². The van der Waals surface area contributed by atoms with E-state index in [2.05, 4.69) is 34.8 Å². The molecule has 0 atom stereocenters. The summed E-state index contributed by atoms with van der Waals surface area (Å²) in [6.45, 7) is 3.06. The maximum absolute atomic E-state index is 13.7. The number of nitrogens with zero attached hydrogens (tertiary/aromatic N) is 1. The van der Waals surface area contributed by atoms with Gasteiger partial charge in [0, 0.05) is 26.9 Å². The van der Waals surface area contributed by atoms with E-state index in [9.17, 15) is 4.39 Å². The van der Waals surface area contributed by atoms with E-state index in [1.165, 1.54) is 11.3 Å². The molecule has 0 amide bonds. The van der Waals surface area contributed by atoms with Crippen LogP contribution in [0.15, 0.2) is 12.1 Å². The fraction of sp³-hybridized carbons (Fsp3) is 0.400. The van der Waals surface area contributed by atoms with Gasteiger partial charge in [-0.05, 0) is 66.0 Å². The Labute approximate surface area is 125 Å². The molecule has 2 nitrogen and oxygen atoms in total.